The van der Waals surface area contributed by atoms with Crippen LogP contribution in [0, 0.1) is 0 Å². The number of methoxy groups -OCH3 is 2. The first-order chi connectivity index (χ1) is 12.6. The van der Waals surface area contributed by atoms with Gasteiger partial charge in [0, 0.05) is 24.6 Å². The molecule has 136 valence electrons. The minimum Gasteiger partial charge on any atom is -0.496 e. The SMILES string of the molecule is COc1ccccc1C(CNS(=O)(=O)c1cccc2ccccc12)OC. The van der Waals surface area contributed by atoms with Crippen LogP contribution in [-0.4, -0.2) is 29.2 Å². The molecule has 0 aliphatic rings. The van der Waals surface area contributed by atoms with E-state index in [1.807, 2.05) is 48.5 Å². The highest BCUT2D eigenvalue weighted by Gasteiger charge is 2.21. The van der Waals surface area contributed by atoms with Crippen LogP contribution in [-0.2, 0) is 14.8 Å². The Morgan fingerprint density at radius 1 is 0.923 bits per heavy atom. The zero-order valence-corrected chi connectivity index (χ0v) is 15.5. The fourth-order valence-electron chi connectivity index (χ4n) is 2.95. The molecule has 26 heavy (non-hydrogen) atoms. The molecular formula is C20H21NO4S. The Balaban J connectivity index is 1.87. The molecule has 1 N–H and O–H groups in total. The van der Waals surface area contributed by atoms with Gasteiger partial charge in [-0.05, 0) is 17.5 Å². The lowest BCUT2D eigenvalue weighted by Gasteiger charge is -2.19. The van der Waals surface area contributed by atoms with Gasteiger partial charge < -0.3 is 9.47 Å². The number of ether oxygens (including phenoxy) is 2. The van der Waals surface area contributed by atoms with Crippen molar-refractivity contribution in [2.24, 2.45) is 0 Å². The summed E-state index contributed by atoms with van der Waals surface area (Å²) in [5.41, 5.74) is 0.790. The molecule has 0 saturated carbocycles. The summed E-state index contributed by atoms with van der Waals surface area (Å²) in [6.45, 7) is 0.0996. The summed E-state index contributed by atoms with van der Waals surface area (Å²) in [4.78, 5) is 0.255. The van der Waals surface area contributed by atoms with Crippen LogP contribution in [0.25, 0.3) is 10.8 Å². The van der Waals surface area contributed by atoms with E-state index in [1.54, 1.807) is 32.4 Å². The molecule has 0 spiro atoms. The Morgan fingerprint density at radius 2 is 1.62 bits per heavy atom. The predicted octanol–water partition coefficient (Wildman–Crippen LogP) is 3.51. The highest BCUT2D eigenvalue weighted by molar-refractivity contribution is 7.89. The van der Waals surface area contributed by atoms with Gasteiger partial charge in [0.05, 0.1) is 18.1 Å². The molecule has 3 aromatic rings. The summed E-state index contributed by atoms with van der Waals surface area (Å²) in [6.07, 6.45) is -0.462. The van der Waals surface area contributed by atoms with Crippen LogP contribution in [0.4, 0.5) is 0 Å². The minimum absolute atomic E-state index is 0.0996. The van der Waals surface area contributed by atoms with E-state index in [9.17, 15) is 8.42 Å². The van der Waals surface area contributed by atoms with Crippen molar-refractivity contribution in [1.82, 2.24) is 4.72 Å². The van der Waals surface area contributed by atoms with E-state index in [0.717, 1.165) is 10.9 Å². The molecule has 0 heterocycles. The zero-order chi connectivity index (χ0) is 18.6. The molecule has 0 aliphatic carbocycles. The van der Waals surface area contributed by atoms with E-state index in [2.05, 4.69) is 4.72 Å². The summed E-state index contributed by atoms with van der Waals surface area (Å²) in [5, 5.41) is 1.57. The Morgan fingerprint density at radius 3 is 2.38 bits per heavy atom. The fraction of sp³-hybridized carbons (Fsp3) is 0.200. The largest absolute Gasteiger partial charge is 0.496 e. The number of nitrogens with one attached hydrogen (secondary N) is 1. The molecule has 6 heteroatoms. The van der Waals surface area contributed by atoms with Gasteiger partial charge in [-0.3, -0.25) is 0 Å². The van der Waals surface area contributed by atoms with Crippen molar-refractivity contribution < 1.29 is 17.9 Å². The summed E-state index contributed by atoms with van der Waals surface area (Å²) in [6, 6.07) is 20.0. The van der Waals surface area contributed by atoms with Crippen LogP contribution in [0.5, 0.6) is 5.75 Å². The molecule has 1 unspecified atom stereocenters. The van der Waals surface area contributed by atoms with E-state index < -0.39 is 16.1 Å². The molecule has 3 rings (SSSR count). The molecule has 1 atom stereocenters. The summed E-state index contributed by atoms with van der Waals surface area (Å²) < 4.78 is 39.2. The first-order valence-corrected chi connectivity index (χ1v) is 9.68. The zero-order valence-electron chi connectivity index (χ0n) is 14.7. The molecule has 3 aromatic carbocycles. The third-order valence-electron chi connectivity index (χ3n) is 4.27. The lowest BCUT2D eigenvalue weighted by Crippen LogP contribution is -2.29. The second-order valence-electron chi connectivity index (χ2n) is 5.80. The van der Waals surface area contributed by atoms with Crippen LogP contribution in [0.2, 0.25) is 0 Å². The van der Waals surface area contributed by atoms with Crippen molar-refractivity contribution in [3.8, 4) is 5.75 Å². The number of hydrogen-bond donors (Lipinski definition) is 1. The lowest BCUT2D eigenvalue weighted by atomic mass is 10.1. The monoisotopic (exact) mass is 371 g/mol. The van der Waals surface area contributed by atoms with Crippen molar-refractivity contribution in [2.45, 2.75) is 11.0 Å². The topological polar surface area (TPSA) is 64.6 Å². The lowest BCUT2D eigenvalue weighted by molar-refractivity contribution is 0.105. The van der Waals surface area contributed by atoms with Gasteiger partial charge in [0.2, 0.25) is 10.0 Å². The molecule has 0 aromatic heterocycles. The van der Waals surface area contributed by atoms with E-state index in [-0.39, 0.29) is 11.4 Å². The molecule has 0 fully saturated rings. The Bertz CT molecular complexity index is 996. The normalized spacial score (nSPS) is 12.8. The number of rotatable bonds is 7. The number of sulfonamides is 1. The van der Waals surface area contributed by atoms with Crippen molar-refractivity contribution in [2.75, 3.05) is 20.8 Å². The Kier molecular flexibility index (Phi) is 5.56. The first kappa shape index (κ1) is 18.4. The van der Waals surface area contributed by atoms with E-state index >= 15 is 0 Å². The summed E-state index contributed by atoms with van der Waals surface area (Å²) in [7, 11) is -0.570. The molecule has 0 saturated heterocycles. The second kappa shape index (κ2) is 7.86. The van der Waals surface area contributed by atoms with Gasteiger partial charge in [0.1, 0.15) is 5.75 Å². The van der Waals surface area contributed by atoms with Gasteiger partial charge >= 0.3 is 0 Å². The molecular weight excluding hydrogens is 350 g/mol. The highest BCUT2D eigenvalue weighted by Crippen LogP contribution is 2.27. The Labute approximate surface area is 153 Å². The molecule has 0 amide bonds. The van der Waals surface area contributed by atoms with E-state index in [0.29, 0.717) is 11.1 Å². The van der Waals surface area contributed by atoms with Crippen molar-refractivity contribution >= 4 is 20.8 Å². The maximum atomic E-state index is 12.9. The average molecular weight is 371 g/mol. The van der Waals surface area contributed by atoms with Crippen LogP contribution >= 0.6 is 0 Å². The number of para-hydroxylation sites is 1. The standard InChI is InChI=1S/C20H21NO4S/c1-24-18-12-6-5-11-17(18)19(25-2)14-21-26(22,23)20-13-7-9-15-8-3-4-10-16(15)20/h3-13,19,21H,14H2,1-2H3. The van der Waals surface area contributed by atoms with Crippen molar-refractivity contribution in [3.63, 3.8) is 0 Å². The predicted molar refractivity (Wildman–Crippen MR) is 102 cm³/mol. The minimum atomic E-state index is -3.69. The quantitative estimate of drug-likeness (QED) is 0.690. The third kappa shape index (κ3) is 3.72. The van der Waals surface area contributed by atoms with Crippen LogP contribution in [0.15, 0.2) is 71.6 Å². The van der Waals surface area contributed by atoms with Gasteiger partial charge in [-0.15, -0.1) is 0 Å². The second-order valence-corrected chi connectivity index (χ2v) is 7.53. The number of benzene rings is 3. The average Bonchev–Trinajstić information content (AvgIpc) is 2.68. The van der Waals surface area contributed by atoms with Gasteiger partial charge in [0.25, 0.3) is 0 Å². The van der Waals surface area contributed by atoms with Crippen LogP contribution in [0.3, 0.4) is 0 Å². The highest BCUT2D eigenvalue weighted by atomic mass is 32.2. The van der Waals surface area contributed by atoms with Crippen molar-refractivity contribution in [3.05, 3.63) is 72.3 Å². The molecule has 0 bridgehead atoms. The Hall–Kier alpha value is -2.41. The van der Waals surface area contributed by atoms with Gasteiger partial charge in [-0.2, -0.15) is 0 Å². The molecule has 0 aliphatic heterocycles. The van der Waals surface area contributed by atoms with Gasteiger partial charge in [0.15, 0.2) is 0 Å². The van der Waals surface area contributed by atoms with Gasteiger partial charge in [-0.25, -0.2) is 13.1 Å². The molecule has 0 radical (unpaired) electrons. The first-order valence-electron chi connectivity index (χ1n) is 8.20. The number of hydrogen-bond acceptors (Lipinski definition) is 4. The van der Waals surface area contributed by atoms with E-state index in [4.69, 9.17) is 9.47 Å². The summed E-state index contributed by atoms with van der Waals surface area (Å²) in [5.74, 6) is 0.656. The van der Waals surface area contributed by atoms with E-state index in [1.165, 1.54) is 0 Å². The third-order valence-corrected chi connectivity index (χ3v) is 5.75. The van der Waals surface area contributed by atoms with Crippen LogP contribution in [0.1, 0.15) is 11.7 Å². The fourth-order valence-corrected chi connectivity index (χ4v) is 4.21. The van der Waals surface area contributed by atoms with Crippen LogP contribution < -0.4 is 9.46 Å². The molecule has 5 nitrogen and oxygen atoms in total. The summed E-state index contributed by atoms with van der Waals surface area (Å²) >= 11 is 0. The maximum Gasteiger partial charge on any atom is 0.241 e. The van der Waals surface area contributed by atoms with Gasteiger partial charge in [-0.1, -0.05) is 54.6 Å². The van der Waals surface area contributed by atoms with Crippen molar-refractivity contribution in [1.29, 1.82) is 0 Å². The number of fused-ring (bicyclic) bond motifs is 1. The maximum absolute atomic E-state index is 12.9. The smallest absolute Gasteiger partial charge is 0.241 e.